The van der Waals surface area contributed by atoms with Crippen molar-refractivity contribution in [3.63, 3.8) is 0 Å². The second-order valence-corrected chi connectivity index (χ2v) is 4.72. The van der Waals surface area contributed by atoms with Crippen molar-refractivity contribution in [3.8, 4) is 0 Å². The summed E-state index contributed by atoms with van der Waals surface area (Å²) in [6.45, 7) is 4.01. The van der Waals surface area contributed by atoms with Crippen LogP contribution in [0.3, 0.4) is 0 Å². The number of hydrogen-bond donors (Lipinski definition) is 1. The lowest BCUT2D eigenvalue weighted by atomic mass is 10.1. The molecule has 1 aromatic carbocycles. The van der Waals surface area contributed by atoms with Crippen molar-refractivity contribution >= 4 is 0 Å². The summed E-state index contributed by atoms with van der Waals surface area (Å²) in [4.78, 5) is 1.75. The van der Waals surface area contributed by atoms with Crippen LogP contribution in [-0.2, 0) is 6.54 Å². The molecule has 0 aliphatic carbocycles. The van der Waals surface area contributed by atoms with E-state index in [1.54, 1.807) is 25.8 Å². The number of rotatable bonds is 4. The summed E-state index contributed by atoms with van der Waals surface area (Å²) in [5.41, 5.74) is -0.551. The first-order chi connectivity index (χ1) is 7.28. The number of benzene rings is 1. The van der Waals surface area contributed by atoms with Crippen LogP contribution in [0.15, 0.2) is 18.2 Å². The molecule has 0 fully saturated rings. The highest BCUT2D eigenvalue weighted by Crippen LogP contribution is 2.13. The van der Waals surface area contributed by atoms with E-state index in [0.29, 0.717) is 12.1 Å². The molecular formula is C12H17F2NO. The molecule has 0 saturated carbocycles. The van der Waals surface area contributed by atoms with E-state index in [9.17, 15) is 13.9 Å². The van der Waals surface area contributed by atoms with E-state index in [-0.39, 0.29) is 6.54 Å². The first-order valence-electron chi connectivity index (χ1n) is 5.13. The van der Waals surface area contributed by atoms with E-state index < -0.39 is 17.2 Å². The highest BCUT2D eigenvalue weighted by atomic mass is 19.1. The summed E-state index contributed by atoms with van der Waals surface area (Å²) in [7, 11) is 1.75. The maximum atomic E-state index is 13.3. The summed E-state index contributed by atoms with van der Waals surface area (Å²) in [6, 6.07) is 3.38. The van der Waals surface area contributed by atoms with E-state index in [0.717, 1.165) is 12.1 Å². The molecule has 4 heteroatoms. The van der Waals surface area contributed by atoms with Gasteiger partial charge in [0.05, 0.1) is 5.60 Å². The SMILES string of the molecule is CN(Cc1cc(F)ccc1F)CC(C)(C)O. The molecule has 1 N–H and O–H groups in total. The van der Waals surface area contributed by atoms with E-state index in [2.05, 4.69) is 0 Å². The fourth-order valence-electron chi connectivity index (χ4n) is 1.67. The van der Waals surface area contributed by atoms with Crippen LogP contribution in [-0.4, -0.2) is 29.2 Å². The van der Waals surface area contributed by atoms with Crippen molar-refractivity contribution in [2.75, 3.05) is 13.6 Å². The Balaban J connectivity index is 2.69. The van der Waals surface area contributed by atoms with Gasteiger partial charge in [-0.3, -0.25) is 4.90 Å². The molecule has 0 unspecified atom stereocenters. The summed E-state index contributed by atoms with van der Waals surface area (Å²) in [5.74, 6) is -0.878. The van der Waals surface area contributed by atoms with Crippen LogP contribution in [0, 0.1) is 11.6 Å². The van der Waals surface area contributed by atoms with Gasteiger partial charge in [-0.15, -0.1) is 0 Å². The topological polar surface area (TPSA) is 23.5 Å². The monoisotopic (exact) mass is 229 g/mol. The molecule has 0 aliphatic heterocycles. The quantitative estimate of drug-likeness (QED) is 0.855. The van der Waals surface area contributed by atoms with Crippen LogP contribution in [0.25, 0.3) is 0 Å². The van der Waals surface area contributed by atoms with Crippen molar-refractivity contribution in [1.82, 2.24) is 4.90 Å². The van der Waals surface area contributed by atoms with Crippen molar-refractivity contribution in [2.45, 2.75) is 26.0 Å². The Labute approximate surface area is 94.5 Å². The normalized spacial score (nSPS) is 12.2. The Morgan fingerprint density at radius 3 is 2.50 bits per heavy atom. The lowest BCUT2D eigenvalue weighted by Gasteiger charge is -2.25. The zero-order valence-corrected chi connectivity index (χ0v) is 9.80. The predicted octanol–water partition coefficient (Wildman–Crippen LogP) is 2.17. The first kappa shape index (κ1) is 13.1. The fraction of sp³-hybridized carbons (Fsp3) is 0.500. The van der Waals surface area contributed by atoms with Crippen molar-refractivity contribution in [2.24, 2.45) is 0 Å². The summed E-state index contributed by atoms with van der Waals surface area (Å²) in [6.07, 6.45) is 0. The molecule has 0 bridgehead atoms. The Bertz CT molecular complexity index is 361. The third kappa shape index (κ3) is 4.24. The van der Waals surface area contributed by atoms with Gasteiger partial charge < -0.3 is 5.11 Å². The van der Waals surface area contributed by atoms with Crippen molar-refractivity contribution < 1.29 is 13.9 Å². The van der Waals surface area contributed by atoms with Gasteiger partial charge in [-0.25, -0.2) is 8.78 Å². The number of likely N-dealkylation sites (N-methyl/N-ethyl adjacent to an activating group) is 1. The van der Waals surface area contributed by atoms with Crippen molar-refractivity contribution in [1.29, 1.82) is 0 Å². The molecule has 16 heavy (non-hydrogen) atoms. The Kier molecular flexibility index (Phi) is 3.99. The molecule has 1 aromatic rings. The van der Waals surface area contributed by atoms with E-state index in [1.807, 2.05) is 0 Å². The molecule has 0 spiro atoms. The van der Waals surface area contributed by atoms with E-state index >= 15 is 0 Å². The van der Waals surface area contributed by atoms with Crippen LogP contribution in [0.1, 0.15) is 19.4 Å². The average Bonchev–Trinajstić information content (AvgIpc) is 2.08. The van der Waals surface area contributed by atoms with Gasteiger partial charge in [0.1, 0.15) is 11.6 Å². The number of halogens is 2. The molecule has 0 radical (unpaired) electrons. The fourth-order valence-corrected chi connectivity index (χ4v) is 1.67. The number of nitrogens with zero attached hydrogens (tertiary/aromatic N) is 1. The first-order valence-corrected chi connectivity index (χ1v) is 5.13. The van der Waals surface area contributed by atoms with Gasteiger partial charge in [0, 0.05) is 18.7 Å². The lowest BCUT2D eigenvalue weighted by Crippen LogP contribution is -2.36. The minimum atomic E-state index is -0.849. The maximum absolute atomic E-state index is 13.3. The third-order valence-electron chi connectivity index (χ3n) is 2.10. The molecule has 0 aliphatic rings. The van der Waals surface area contributed by atoms with Gasteiger partial charge in [-0.05, 0) is 39.1 Å². The molecule has 0 atom stereocenters. The summed E-state index contributed by atoms with van der Waals surface area (Å²) >= 11 is 0. The van der Waals surface area contributed by atoms with Gasteiger partial charge in [-0.2, -0.15) is 0 Å². The standard InChI is InChI=1S/C12H17F2NO/c1-12(2,16)8-15(3)7-9-6-10(13)4-5-11(9)14/h4-6,16H,7-8H2,1-3H3. The van der Waals surface area contributed by atoms with Crippen LogP contribution >= 0.6 is 0 Å². The highest BCUT2D eigenvalue weighted by Gasteiger charge is 2.16. The molecular weight excluding hydrogens is 212 g/mol. The van der Waals surface area contributed by atoms with Gasteiger partial charge in [0.2, 0.25) is 0 Å². The Hall–Kier alpha value is -1.00. The largest absolute Gasteiger partial charge is 0.389 e. The minimum absolute atomic E-state index is 0.271. The van der Waals surface area contributed by atoms with Gasteiger partial charge in [-0.1, -0.05) is 0 Å². The Morgan fingerprint density at radius 1 is 1.31 bits per heavy atom. The number of aliphatic hydroxyl groups is 1. The van der Waals surface area contributed by atoms with Gasteiger partial charge >= 0.3 is 0 Å². The molecule has 0 heterocycles. The van der Waals surface area contributed by atoms with Crippen molar-refractivity contribution in [3.05, 3.63) is 35.4 Å². The Morgan fingerprint density at radius 2 is 1.94 bits per heavy atom. The predicted molar refractivity (Wildman–Crippen MR) is 59.0 cm³/mol. The molecule has 1 rings (SSSR count). The third-order valence-corrected chi connectivity index (χ3v) is 2.10. The zero-order valence-electron chi connectivity index (χ0n) is 9.80. The minimum Gasteiger partial charge on any atom is -0.389 e. The van der Waals surface area contributed by atoms with Crippen LogP contribution in [0.4, 0.5) is 8.78 Å². The second kappa shape index (κ2) is 4.89. The smallest absolute Gasteiger partial charge is 0.127 e. The molecule has 0 saturated heterocycles. The molecule has 0 amide bonds. The lowest BCUT2D eigenvalue weighted by molar-refractivity contribution is 0.0421. The van der Waals surface area contributed by atoms with Crippen LogP contribution < -0.4 is 0 Å². The molecule has 90 valence electrons. The van der Waals surface area contributed by atoms with Gasteiger partial charge in [0.25, 0.3) is 0 Å². The average molecular weight is 229 g/mol. The zero-order chi connectivity index (χ0) is 12.3. The van der Waals surface area contributed by atoms with Crippen LogP contribution in [0.2, 0.25) is 0 Å². The second-order valence-electron chi connectivity index (χ2n) is 4.72. The summed E-state index contributed by atoms with van der Waals surface area (Å²) < 4.78 is 26.2. The van der Waals surface area contributed by atoms with Gasteiger partial charge in [0.15, 0.2) is 0 Å². The molecule has 0 aromatic heterocycles. The number of hydrogen-bond acceptors (Lipinski definition) is 2. The highest BCUT2D eigenvalue weighted by molar-refractivity contribution is 5.18. The summed E-state index contributed by atoms with van der Waals surface area (Å²) in [5, 5.41) is 9.58. The van der Waals surface area contributed by atoms with E-state index in [1.165, 1.54) is 6.07 Å². The molecule has 2 nitrogen and oxygen atoms in total. The van der Waals surface area contributed by atoms with E-state index in [4.69, 9.17) is 0 Å². The maximum Gasteiger partial charge on any atom is 0.127 e. The van der Waals surface area contributed by atoms with Crippen LogP contribution in [0.5, 0.6) is 0 Å².